The van der Waals surface area contributed by atoms with Gasteiger partial charge in [-0.15, -0.1) is 4.76 Å². The summed E-state index contributed by atoms with van der Waals surface area (Å²) < 4.78 is 30.1. The highest BCUT2D eigenvalue weighted by molar-refractivity contribution is 8.14. The van der Waals surface area contributed by atoms with E-state index in [0.29, 0.717) is 16.5 Å². The summed E-state index contributed by atoms with van der Waals surface area (Å²) in [6.45, 7) is 0. The lowest BCUT2D eigenvalue weighted by Crippen LogP contribution is -2.03. The number of rotatable bonds is 7. The lowest BCUT2D eigenvalue weighted by Gasteiger charge is -2.17. The highest BCUT2D eigenvalue weighted by Crippen LogP contribution is 2.51. The van der Waals surface area contributed by atoms with Crippen molar-refractivity contribution in [1.29, 1.82) is 0 Å². The maximum Gasteiger partial charge on any atom is 0.564 e. The number of thioether (sulfide) groups is 1. The summed E-state index contributed by atoms with van der Waals surface area (Å²) in [5.74, 6) is 0.838. The first-order valence-electron chi connectivity index (χ1n) is 9.68. The van der Waals surface area contributed by atoms with Crippen molar-refractivity contribution in [2.75, 3.05) is 0 Å². The molecule has 0 saturated heterocycles. The first-order chi connectivity index (χ1) is 15.2. The van der Waals surface area contributed by atoms with E-state index in [1.54, 1.807) is 24.3 Å². The van der Waals surface area contributed by atoms with Crippen LogP contribution in [0, 0.1) is 0 Å². The molecule has 4 aromatic carbocycles. The van der Waals surface area contributed by atoms with Crippen LogP contribution in [0.3, 0.4) is 0 Å². The standard InChI is InChI=1S/C25H20NO3PS/c27-30(28-22-15-7-2-8-16-22,29-23-17-9-3-10-18-23)26-25(21-13-5-1-6-14-21)31-24-19-11-4-12-20-24/h1-20H/b26-25-. The van der Waals surface area contributed by atoms with Gasteiger partial charge in [-0.3, -0.25) is 0 Å². The van der Waals surface area contributed by atoms with Gasteiger partial charge in [-0.1, -0.05) is 96.7 Å². The Morgan fingerprint density at radius 2 is 1.03 bits per heavy atom. The molecule has 0 aliphatic carbocycles. The van der Waals surface area contributed by atoms with Crippen molar-refractivity contribution in [2.24, 2.45) is 4.76 Å². The van der Waals surface area contributed by atoms with Gasteiger partial charge < -0.3 is 9.05 Å². The van der Waals surface area contributed by atoms with Crippen molar-refractivity contribution in [2.45, 2.75) is 4.90 Å². The Morgan fingerprint density at radius 1 is 0.613 bits per heavy atom. The van der Waals surface area contributed by atoms with E-state index in [2.05, 4.69) is 4.76 Å². The molecule has 0 fully saturated rings. The van der Waals surface area contributed by atoms with E-state index >= 15 is 0 Å². The zero-order chi connectivity index (χ0) is 21.4. The summed E-state index contributed by atoms with van der Waals surface area (Å²) in [7, 11) is -3.95. The highest BCUT2D eigenvalue weighted by Gasteiger charge is 2.30. The number of hydrogen-bond acceptors (Lipinski definition) is 4. The maximum absolute atomic E-state index is 13.9. The predicted molar refractivity (Wildman–Crippen MR) is 127 cm³/mol. The van der Waals surface area contributed by atoms with Gasteiger partial charge in [0.15, 0.2) is 0 Å². The van der Waals surface area contributed by atoms with Crippen LogP contribution < -0.4 is 9.05 Å². The first-order valence-corrected chi connectivity index (χ1v) is 12.0. The molecule has 0 bridgehead atoms. The number of nitrogens with zero attached hydrogens (tertiary/aromatic N) is 1. The van der Waals surface area contributed by atoms with Gasteiger partial charge >= 0.3 is 7.75 Å². The quantitative estimate of drug-likeness (QED) is 0.128. The summed E-state index contributed by atoms with van der Waals surface area (Å²) in [4.78, 5) is 0.969. The Hall–Kier alpha value is -3.27. The molecule has 154 valence electrons. The fourth-order valence-corrected chi connectivity index (χ4v) is 5.18. The molecule has 4 nitrogen and oxygen atoms in total. The van der Waals surface area contributed by atoms with E-state index in [-0.39, 0.29) is 0 Å². The van der Waals surface area contributed by atoms with Crippen LogP contribution >= 0.6 is 19.5 Å². The summed E-state index contributed by atoms with van der Waals surface area (Å²) in [6.07, 6.45) is 0. The van der Waals surface area contributed by atoms with Gasteiger partial charge in [0.2, 0.25) is 0 Å². The van der Waals surface area contributed by atoms with Crippen LogP contribution in [0.2, 0.25) is 0 Å². The van der Waals surface area contributed by atoms with Crippen LogP contribution in [0.25, 0.3) is 0 Å². The number of para-hydroxylation sites is 2. The molecule has 0 unspecified atom stereocenters. The number of benzene rings is 4. The van der Waals surface area contributed by atoms with Gasteiger partial charge in [0, 0.05) is 10.5 Å². The zero-order valence-corrected chi connectivity index (χ0v) is 18.3. The summed E-state index contributed by atoms with van der Waals surface area (Å²) in [5.41, 5.74) is 0.824. The second-order valence-corrected chi connectivity index (χ2v) is 9.03. The highest BCUT2D eigenvalue weighted by atomic mass is 32.2. The van der Waals surface area contributed by atoms with Gasteiger partial charge in [-0.2, -0.15) is 0 Å². The van der Waals surface area contributed by atoms with Crippen LogP contribution in [0.4, 0.5) is 0 Å². The van der Waals surface area contributed by atoms with Gasteiger partial charge in [0.25, 0.3) is 0 Å². The fourth-order valence-electron chi connectivity index (χ4n) is 2.72. The van der Waals surface area contributed by atoms with E-state index in [9.17, 15) is 4.57 Å². The maximum atomic E-state index is 13.9. The molecule has 0 spiro atoms. The Labute approximate surface area is 186 Å². The molecular formula is C25H20NO3PS. The van der Waals surface area contributed by atoms with Crippen molar-refractivity contribution in [3.05, 3.63) is 127 Å². The molecule has 4 rings (SSSR count). The van der Waals surface area contributed by atoms with Gasteiger partial charge in [0.05, 0.1) is 0 Å². The largest absolute Gasteiger partial charge is 0.564 e. The third-order valence-corrected chi connectivity index (χ3v) is 6.61. The van der Waals surface area contributed by atoms with Crippen LogP contribution in [-0.4, -0.2) is 5.04 Å². The second kappa shape index (κ2) is 10.2. The van der Waals surface area contributed by atoms with E-state index in [1.165, 1.54) is 11.8 Å². The summed E-state index contributed by atoms with van der Waals surface area (Å²) in [6, 6.07) is 37.3. The Kier molecular flexibility index (Phi) is 6.88. The van der Waals surface area contributed by atoms with E-state index < -0.39 is 7.75 Å². The molecule has 4 aromatic rings. The lowest BCUT2D eigenvalue weighted by molar-refractivity contribution is 0.388. The van der Waals surface area contributed by atoms with Gasteiger partial charge in [0.1, 0.15) is 16.5 Å². The van der Waals surface area contributed by atoms with Crippen molar-refractivity contribution >= 4 is 24.6 Å². The van der Waals surface area contributed by atoms with Gasteiger partial charge in [-0.25, -0.2) is 4.57 Å². The average Bonchev–Trinajstić information content (AvgIpc) is 2.81. The van der Waals surface area contributed by atoms with E-state index in [4.69, 9.17) is 9.05 Å². The molecule has 31 heavy (non-hydrogen) atoms. The summed E-state index contributed by atoms with van der Waals surface area (Å²) in [5, 5.41) is 0.544. The van der Waals surface area contributed by atoms with E-state index in [1.807, 2.05) is 97.1 Å². The third-order valence-electron chi connectivity index (χ3n) is 4.12. The van der Waals surface area contributed by atoms with Gasteiger partial charge in [-0.05, 0) is 36.4 Å². The molecular weight excluding hydrogens is 425 g/mol. The minimum Gasteiger partial charge on any atom is -0.399 e. The first kappa shape index (κ1) is 21.0. The van der Waals surface area contributed by atoms with Crippen LogP contribution in [-0.2, 0) is 4.57 Å². The van der Waals surface area contributed by atoms with Crippen molar-refractivity contribution in [3.8, 4) is 11.5 Å². The normalized spacial score (nSPS) is 11.7. The van der Waals surface area contributed by atoms with E-state index in [0.717, 1.165) is 10.5 Å². The van der Waals surface area contributed by atoms with Crippen LogP contribution in [0.5, 0.6) is 11.5 Å². The van der Waals surface area contributed by atoms with Crippen molar-refractivity contribution < 1.29 is 13.6 Å². The van der Waals surface area contributed by atoms with Crippen LogP contribution in [0.15, 0.2) is 131 Å². The minimum absolute atomic E-state index is 0.419. The average molecular weight is 445 g/mol. The smallest absolute Gasteiger partial charge is 0.399 e. The van der Waals surface area contributed by atoms with Crippen LogP contribution in [0.1, 0.15) is 5.56 Å². The number of hydrogen-bond donors (Lipinski definition) is 0. The van der Waals surface area contributed by atoms with Crippen molar-refractivity contribution in [3.63, 3.8) is 0 Å². The molecule has 0 N–H and O–H groups in total. The Balaban J connectivity index is 1.76. The topological polar surface area (TPSA) is 47.9 Å². The Bertz CT molecular complexity index is 1130. The Morgan fingerprint density at radius 3 is 1.52 bits per heavy atom. The molecule has 0 saturated carbocycles. The SMILES string of the molecule is O=P(/N=C(\Sc1ccccc1)c1ccccc1)(Oc1ccccc1)Oc1ccccc1. The van der Waals surface area contributed by atoms with Crippen molar-refractivity contribution in [1.82, 2.24) is 0 Å². The molecule has 0 atom stereocenters. The zero-order valence-electron chi connectivity index (χ0n) is 16.6. The lowest BCUT2D eigenvalue weighted by atomic mass is 10.2. The molecule has 0 heterocycles. The third kappa shape index (κ3) is 6.11. The molecule has 0 aliphatic heterocycles. The second-order valence-electron chi connectivity index (χ2n) is 6.46. The molecule has 0 radical (unpaired) electrons. The fraction of sp³-hybridized carbons (Fsp3) is 0. The summed E-state index contributed by atoms with van der Waals surface area (Å²) >= 11 is 1.41. The molecule has 6 heteroatoms. The monoisotopic (exact) mass is 445 g/mol. The molecule has 0 aromatic heterocycles. The molecule has 0 aliphatic rings. The minimum atomic E-state index is -3.95. The predicted octanol–water partition coefficient (Wildman–Crippen LogP) is 7.49. The molecule has 0 amide bonds.